The zero-order valence-electron chi connectivity index (χ0n) is 8.77. The first-order valence-electron chi connectivity index (χ1n) is 4.90. The van der Waals surface area contributed by atoms with E-state index in [0.29, 0.717) is 0 Å². The number of nitrogens with zero attached hydrogens (tertiary/aromatic N) is 1. The highest BCUT2D eigenvalue weighted by Gasteiger charge is 2.15. The summed E-state index contributed by atoms with van der Waals surface area (Å²) in [4.78, 5) is 17.7. The van der Waals surface area contributed by atoms with E-state index in [9.17, 15) is 14.3 Å². The summed E-state index contributed by atoms with van der Waals surface area (Å²) in [6.07, 6.45) is 0. The topological polar surface area (TPSA) is 92.0 Å². The molecule has 17 heavy (non-hydrogen) atoms. The molecular weight excluding hydrogens is 225 g/mol. The van der Waals surface area contributed by atoms with E-state index in [2.05, 4.69) is 9.97 Å². The van der Waals surface area contributed by atoms with E-state index in [-0.39, 0.29) is 23.5 Å². The van der Waals surface area contributed by atoms with Crippen LogP contribution in [-0.2, 0) is 6.54 Å². The summed E-state index contributed by atoms with van der Waals surface area (Å²) < 4.78 is 13.5. The van der Waals surface area contributed by atoms with Crippen LogP contribution in [0.25, 0.3) is 11.1 Å². The van der Waals surface area contributed by atoms with Crippen molar-refractivity contribution < 1.29 is 9.50 Å². The fourth-order valence-corrected chi connectivity index (χ4v) is 1.51. The minimum atomic E-state index is -0.622. The molecule has 4 N–H and O–H groups in total. The molecule has 5 nitrogen and oxygen atoms in total. The lowest BCUT2D eigenvalue weighted by Gasteiger charge is -2.05. The molecule has 0 aliphatic carbocycles. The summed E-state index contributed by atoms with van der Waals surface area (Å²) >= 11 is 0. The highest BCUT2D eigenvalue weighted by atomic mass is 19.1. The van der Waals surface area contributed by atoms with E-state index >= 15 is 0 Å². The molecule has 0 saturated heterocycles. The third-order valence-electron chi connectivity index (χ3n) is 2.29. The SMILES string of the molecule is NCc1nc(O)c(-c2ccccc2F)c(=O)[nH]1. The zero-order valence-corrected chi connectivity index (χ0v) is 8.77. The number of aromatic amines is 1. The Morgan fingerprint density at radius 3 is 2.71 bits per heavy atom. The number of aromatic hydroxyl groups is 1. The molecule has 0 atom stereocenters. The maximum atomic E-state index is 13.5. The lowest BCUT2D eigenvalue weighted by Crippen LogP contribution is -2.16. The van der Waals surface area contributed by atoms with Crippen LogP contribution in [0.5, 0.6) is 5.88 Å². The van der Waals surface area contributed by atoms with Gasteiger partial charge in [0.1, 0.15) is 17.2 Å². The molecule has 0 aliphatic heterocycles. The second kappa shape index (κ2) is 4.34. The molecule has 0 aliphatic rings. The van der Waals surface area contributed by atoms with Gasteiger partial charge in [0.25, 0.3) is 5.56 Å². The summed E-state index contributed by atoms with van der Waals surface area (Å²) in [5.41, 5.74) is 4.47. The number of aromatic nitrogens is 2. The average molecular weight is 235 g/mol. The van der Waals surface area contributed by atoms with Crippen molar-refractivity contribution in [1.82, 2.24) is 9.97 Å². The Balaban J connectivity index is 2.69. The Morgan fingerprint density at radius 1 is 1.41 bits per heavy atom. The van der Waals surface area contributed by atoms with Crippen LogP contribution in [0.2, 0.25) is 0 Å². The average Bonchev–Trinajstić information content (AvgIpc) is 2.30. The Hall–Kier alpha value is -2.21. The number of H-pyrrole nitrogens is 1. The molecule has 2 aromatic rings. The van der Waals surface area contributed by atoms with Crippen molar-refractivity contribution in [2.24, 2.45) is 5.73 Å². The van der Waals surface area contributed by atoms with Crippen LogP contribution in [-0.4, -0.2) is 15.1 Å². The van der Waals surface area contributed by atoms with E-state index < -0.39 is 17.3 Å². The molecule has 88 valence electrons. The number of hydrogen-bond acceptors (Lipinski definition) is 4. The second-order valence-electron chi connectivity index (χ2n) is 3.40. The van der Waals surface area contributed by atoms with Gasteiger partial charge in [-0.25, -0.2) is 4.39 Å². The first-order chi connectivity index (χ1) is 8.13. The predicted octanol–water partition coefficient (Wildman–Crippen LogP) is 0.740. The highest BCUT2D eigenvalue weighted by Crippen LogP contribution is 2.25. The second-order valence-corrected chi connectivity index (χ2v) is 3.40. The molecule has 1 aromatic carbocycles. The summed E-state index contributed by atoms with van der Waals surface area (Å²) in [5, 5.41) is 9.63. The van der Waals surface area contributed by atoms with Crippen LogP contribution in [0.15, 0.2) is 29.1 Å². The molecule has 0 radical (unpaired) electrons. The van der Waals surface area contributed by atoms with Crippen molar-refractivity contribution in [3.63, 3.8) is 0 Å². The van der Waals surface area contributed by atoms with Gasteiger partial charge in [0.05, 0.1) is 6.54 Å². The highest BCUT2D eigenvalue weighted by molar-refractivity contribution is 5.67. The van der Waals surface area contributed by atoms with Crippen LogP contribution in [0.1, 0.15) is 5.82 Å². The molecule has 0 spiro atoms. The van der Waals surface area contributed by atoms with Gasteiger partial charge in [-0.3, -0.25) is 4.79 Å². The van der Waals surface area contributed by atoms with Gasteiger partial charge in [-0.05, 0) is 6.07 Å². The Kier molecular flexibility index (Phi) is 2.88. The molecule has 1 aromatic heterocycles. The van der Waals surface area contributed by atoms with E-state index in [1.807, 2.05) is 0 Å². The van der Waals surface area contributed by atoms with Crippen molar-refractivity contribution in [2.75, 3.05) is 0 Å². The molecule has 2 rings (SSSR count). The molecule has 0 amide bonds. The fourth-order valence-electron chi connectivity index (χ4n) is 1.51. The third kappa shape index (κ3) is 2.02. The number of rotatable bonds is 2. The van der Waals surface area contributed by atoms with Crippen molar-refractivity contribution >= 4 is 0 Å². The first-order valence-corrected chi connectivity index (χ1v) is 4.90. The van der Waals surface area contributed by atoms with Crippen LogP contribution in [0, 0.1) is 5.82 Å². The first kappa shape index (κ1) is 11.3. The number of hydrogen-bond donors (Lipinski definition) is 3. The standard InChI is InChI=1S/C11H10FN3O2/c12-7-4-2-1-3-6(7)9-10(16)14-8(5-13)15-11(9)17/h1-4H,5,13H2,(H2,14,15,16,17). The van der Waals surface area contributed by atoms with Gasteiger partial charge in [-0.2, -0.15) is 4.98 Å². The summed E-state index contributed by atoms with van der Waals surface area (Å²) in [7, 11) is 0. The van der Waals surface area contributed by atoms with Gasteiger partial charge in [0, 0.05) is 5.56 Å². The van der Waals surface area contributed by atoms with Crippen molar-refractivity contribution in [3.05, 3.63) is 46.3 Å². The van der Waals surface area contributed by atoms with E-state index in [4.69, 9.17) is 5.73 Å². The van der Waals surface area contributed by atoms with Gasteiger partial charge >= 0.3 is 0 Å². The molecule has 0 unspecified atom stereocenters. The smallest absolute Gasteiger partial charge is 0.262 e. The summed E-state index contributed by atoms with van der Waals surface area (Å²) in [5.74, 6) is -0.984. The van der Waals surface area contributed by atoms with Crippen molar-refractivity contribution in [2.45, 2.75) is 6.54 Å². The lowest BCUT2D eigenvalue weighted by atomic mass is 10.1. The quantitative estimate of drug-likeness (QED) is 0.715. The van der Waals surface area contributed by atoms with Crippen LogP contribution < -0.4 is 11.3 Å². The zero-order chi connectivity index (χ0) is 12.4. The van der Waals surface area contributed by atoms with Gasteiger partial charge in [0.2, 0.25) is 5.88 Å². The largest absolute Gasteiger partial charge is 0.493 e. The predicted molar refractivity (Wildman–Crippen MR) is 59.8 cm³/mol. The van der Waals surface area contributed by atoms with Gasteiger partial charge in [0.15, 0.2) is 0 Å². The van der Waals surface area contributed by atoms with E-state index in [0.717, 1.165) is 0 Å². The Morgan fingerprint density at radius 2 is 2.12 bits per heavy atom. The summed E-state index contributed by atoms with van der Waals surface area (Å²) in [6.45, 7) is -0.0135. The molecule has 0 saturated carbocycles. The van der Waals surface area contributed by atoms with Gasteiger partial charge < -0.3 is 15.8 Å². The van der Waals surface area contributed by atoms with E-state index in [1.165, 1.54) is 18.2 Å². The minimum Gasteiger partial charge on any atom is -0.493 e. The van der Waals surface area contributed by atoms with Gasteiger partial charge in [-0.1, -0.05) is 18.2 Å². The Bertz CT molecular complexity index is 610. The van der Waals surface area contributed by atoms with E-state index in [1.54, 1.807) is 6.07 Å². The van der Waals surface area contributed by atoms with Crippen LogP contribution in [0.4, 0.5) is 4.39 Å². The lowest BCUT2D eigenvalue weighted by molar-refractivity contribution is 0.449. The fraction of sp³-hybridized carbons (Fsp3) is 0.0909. The maximum absolute atomic E-state index is 13.5. The number of nitrogens with two attached hydrogens (primary N) is 1. The number of benzene rings is 1. The van der Waals surface area contributed by atoms with Gasteiger partial charge in [-0.15, -0.1) is 0 Å². The molecule has 1 heterocycles. The third-order valence-corrected chi connectivity index (χ3v) is 2.29. The van der Waals surface area contributed by atoms with Crippen LogP contribution in [0.3, 0.4) is 0 Å². The minimum absolute atomic E-state index is 0.00215. The summed E-state index contributed by atoms with van der Waals surface area (Å²) in [6, 6.07) is 5.65. The monoisotopic (exact) mass is 235 g/mol. The van der Waals surface area contributed by atoms with Crippen molar-refractivity contribution in [3.8, 4) is 17.0 Å². The molecular formula is C11H10FN3O2. The molecule has 0 bridgehead atoms. The maximum Gasteiger partial charge on any atom is 0.262 e. The van der Waals surface area contributed by atoms with Crippen molar-refractivity contribution in [1.29, 1.82) is 0 Å². The Labute approximate surface area is 95.8 Å². The number of nitrogens with one attached hydrogen (secondary N) is 1. The molecule has 6 heteroatoms. The van der Waals surface area contributed by atoms with Crippen LogP contribution >= 0.6 is 0 Å². The molecule has 0 fully saturated rings. The number of halogens is 1. The normalized spacial score (nSPS) is 10.5.